The van der Waals surface area contributed by atoms with Gasteiger partial charge in [-0.15, -0.1) is 0 Å². The number of aromatic carboxylic acids is 1. The Kier molecular flexibility index (Phi) is 6.41. The highest BCUT2D eigenvalue weighted by atomic mass is 32.2. The standard InChI is InChI=1S/C13H19N3O4S/c1-4-5-6-14-10(17)8(3)21-11-9(12(18)19)7(2)15-13(20)16-11/h8H,4-6H2,1-3H3,(H,14,17)(H,18,19)(H,15,16,20). The van der Waals surface area contributed by atoms with Gasteiger partial charge in [0.1, 0.15) is 10.6 Å². The third-order valence-corrected chi connectivity index (χ3v) is 3.87. The van der Waals surface area contributed by atoms with Gasteiger partial charge < -0.3 is 15.4 Å². The zero-order chi connectivity index (χ0) is 16.0. The van der Waals surface area contributed by atoms with Gasteiger partial charge in [-0.05, 0) is 20.3 Å². The number of hydrogen-bond donors (Lipinski definition) is 3. The largest absolute Gasteiger partial charge is 0.478 e. The predicted molar refractivity (Wildman–Crippen MR) is 79.8 cm³/mol. The highest BCUT2D eigenvalue weighted by molar-refractivity contribution is 8.00. The van der Waals surface area contributed by atoms with Gasteiger partial charge in [0.15, 0.2) is 0 Å². The Balaban J connectivity index is 2.89. The van der Waals surface area contributed by atoms with Gasteiger partial charge >= 0.3 is 11.7 Å². The summed E-state index contributed by atoms with van der Waals surface area (Å²) in [5.41, 5.74) is -0.477. The van der Waals surface area contributed by atoms with Gasteiger partial charge in [-0.25, -0.2) is 9.59 Å². The normalized spacial score (nSPS) is 12.0. The Morgan fingerprint density at radius 3 is 2.71 bits per heavy atom. The minimum Gasteiger partial charge on any atom is -0.478 e. The second-order valence-corrected chi connectivity index (χ2v) is 5.89. The van der Waals surface area contributed by atoms with Crippen LogP contribution in [0.2, 0.25) is 0 Å². The monoisotopic (exact) mass is 313 g/mol. The van der Waals surface area contributed by atoms with Crippen molar-refractivity contribution in [3.8, 4) is 0 Å². The van der Waals surface area contributed by atoms with E-state index in [1.807, 2.05) is 6.92 Å². The van der Waals surface area contributed by atoms with Crippen LogP contribution in [0.1, 0.15) is 42.7 Å². The lowest BCUT2D eigenvalue weighted by Gasteiger charge is -2.13. The second-order valence-electron chi connectivity index (χ2n) is 4.56. The van der Waals surface area contributed by atoms with E-state index in [4.69, 9.17) is 0 Å². The van der Waals surface area contributed by atoms with Gasteiger partial charge in [-0.2, -0.15) is 4.98 Å². The van der Waals surface area contributed by atoms with Crippen LogP contribution >= 0.6 is 11.8 Å². The zero-order valence-electron chi connectivity index (χ0n) is 12.2. The van der Waals surface area contributed by atoms with E-state index in [2.05, 4.69) is 15.3 Å². The molecule has 1 atom stereocenters. The molecule has 3 N–H and O–H groups in total. The number of aromatic amines is 1. The third-order valence-electron chi connectivity index (χ3n) is 2.79. The van der Waals surface area contributed by atoms with E-state index in [9.17, 15) is 19.5 Å². The molecule has 0 fully saturated rings. The summed E-state index contributed by atoms with van der Waals surface area (Å²) in [5.74, 6) is -1.39. The predicted octanol–water partition coefficient (Wildman–Crippen LogP) is 1.17. The Hall–Kier alpha value is -1.83. The molecule has 0 saturated heterocycles. The average molecular weight is 313 g/mol. The van der Waals surface area contributed by atoms with E-state index in [-0.39, 0.29) is 22.2 Å². The number of nitrogens with one attached hydrogen (secondary N) is 2. The van der Waals surface area contributed by atoms with Crippen LogP contribution in [0.3, 0.4) is 0 Å². The van der Waals surface area contributed by atoms with Gasteiger partial charge in [-0.1, -0.05) is 25.1 Å². The van der Waals surface area contributed by atoms with Crippen LogP contribution < -0.4 is 11.0 Å². The van der Waals surface area contributed by atoms with Gasteiger partial charge in [0.25, 0.3) is 0 Å². The molecule has 21 heavy (non-hydrogen) atoms. The maximum Gasteiger partial charge on any atom is 0.346 e. The number of aryl methyl sites for hydroxylation is 1. The summed E-state index contributed by atoms with van der Waals surface area (Å²) in [6.45, 7) is 5.73. The van der Waals surface area contributed by atoms with Crippen LogP contribution in [0.25, 0.3) is 0 Å². The summed E-state index contributed by atoms with van der Waals surface area (Å²) in [7, 11) is 0. The first-order chi connectivity index (χ1) is 9.86. The Morgan fingerprint density at radius 1 is 1.48 bits per heavy atom. The molecule has 8 heteroatoms. The number of carboxylic acid groups (broad SMARTS) is 1. The quantitative estimate of drug-likeness (QED) is 0.396. The minimum absolute atomic E-state index is 0.0573. The summed E-state index contributed by atoms with van der Waals surface area (Å²) in [6.07, 6.45) is 1.85. The van der Waals surface area contributed by atoms with Crippen molar-refractivity contribution < 1.29 is 14.7 Å². The lowest BCUT2D eigenvalue weighted by molar-refractivity contribution is -0.120. The molecule has 0 aromatic carbocycles. The number of carbonyl (C=O) groups is 2. The van der Waals surface area contributed by atoms with E-state index in [1.165, 1.54) is 6.92 Å². The van der Waals surface area contributed by atoms with Crippen molar-refractivity contribution in [2.45, 2.75) is 43.9 Å². The zero-order valence-corrected chi connectivity index (χ0v) is 13.0. The van der Waals surface area contributed by atoms with Crippen LogP contribution in [0.4, 0.5) is 0 Å². The van der Waals surface area contributed by atoms with E-state index in [1.54, 1.807) is 6.92 Å². The Labute approximate surface area is 126 Å². The molecule has 7 nitrogen and oxygen atoms in total. The van der Waals surface area contributed by atoms with E-state index in [0.29, 0.717) is 6.54 Å². The minimum atomic E-state index is -1.18. The molecule has 0 saturated carbocycles. The Bertz CT molecular complexity index is 585. The molecular formula is C13H19N3O4S. The number of amides is 1. The fourth-order valence-corrected chi connectivity index (χ4v) is 2.67. The number of unbranched alkanes of at least 4 members (excludes halogenated alkanes) is 1. The van der Waals surface area contributed by atoms with Crippen molar-refractivity contribution in [3.05, 3.63) is 21.7 Å². The number of H-pyrrole nitrogens is 1. The lowest BCUT2D eigenvalue weighted by Crippen LogP contribution is -2.32. The fourth-order valence-electron chi connectivity index (χ4n) is 1.65. The van der Waals surface area contributed by atoms with Crippen LogP contribution in [-0.2, 0) is 4.79 Å². The molecule has 1 rings (SSSR count). The SMILES string of the molecule is CCCCNC(=O)C(C)Sc1nc(=O)[nH]c(C)c1C(=O)O. The number of carbonyl (C=O) groups excluding carboxylic acids is 1. The van der Waals surface area contributed by atoms with Crippen LogP contribution in [0.5, 0.6) is 0 Å². The van der Waals surface area contributed by atoms with Gasteiger partial charge in [0.05, 0.1) is 5.25 Å². The van der Waals surface area contributed by atoms with Crippen LogP contribution in [0, 0.1) is 6.92 Å². The van der Waals surface area contributed by atoms with Gasteiger partial charge in [0.2, 0.25) is 5.91 Å². The summed E-state index contributed by atoms with van der Waals surface area (Å²) >= 11 is 0.969. The van der Waals surface area contributed by atoms with Crippen LogP contribution in [0.15, 0.2) is 9.82 Å². The van der Waals surface area contributed by atoms with Gasteiger partial charge in [0, 0.05) is 12.2 Å². The fraction of sp³-hybridized carbons (Fsp3) is 0.538. The number of thioether (sulfide) groups is 1. The summed E-state index contributed by atoms with van der Waals surface area (Å²) < 4.78 is 0. The summed E-state index contributed by atoms with van der Waals surface area (Å²) in [4.78, 5) is 40.5. The topological polar surface area (TPSA) is 112 Å². The highest BCUT2D eigenvalue weighted by Gasteiger charge is 2.22. The van der Waals surface area contributed by atoms with E-state index < -0.39 is 16.9 Å². The molecule has 0 radical (unpaired) electrons. The van der Waals surface area contributed by atoms with Crippen molar-refractivity contribution in [1.29, 1.82) is 0 Å². The molecular weight excluding hydrogens is 294 g/mol. The van der Waals surface area contributed by atoms with Crippen LogP contribution in [-0.4, -0.2) is 38.7 Å². The number of hydrogen-bond acceptors (Lipinski definition) is 5. The smallest absolute Gasteiger partial charge is 0.346 e. The molecule has 1 aromatic heterocycles. The molecule has 1 unspecified atom stereocenters. The molecule has 116 valence electrons. The number of aromatic nitrogens is 2. The highest BCUT2D eigenvalue weighted by Crippen LogP contribution is 2.25. The Morgan fingerprint density at radius 2 is 2.14 bits per heavy atom. The van der Waals surface area contributed by atoms with E-state index in [0.717, 1.165) is 24.6 Å². The first kappa shape index (κ1) is 17.2. The molecule has 0 spiro atoms. The number of carboxylic acids is 1. The van der Waals surface area contributed by atoms with Gasteiger partial charge in [-0.3, -0.25) is 4.79 Å². The van der Waals surface area contributed by atoms with Crippen molar-refractivity contribution in [2.24, 2.45) is 0 Å². The van der Waals surface area contributed by atoms with Crippen molar-refractivity contribution in [3.63, 3.8) is 0 Å². The molecule has 0 aliphatic rings. The maximum atomic E-state index is 11.9. The molecule has 1 amide bonds. The lowest BCUT2D eigenvalue weighted by atomic mass is 10.2. The molecule has 1 aromatic rings. The van der Waals surface area contributed by atoms with Crippen molar-refractivity contribution >= 4 is 23.6 Å². The average Bonchev–Trinajstić information content (AvgIpc) is 2.37. The first-order valence-electron chi connectivity index (χ1n) is 6.65. The molecule has 0 bridgehead atoms. The second kappa shape index (κ2) is 7.82. The van der Waals surface area contributed by atoms with Crippen molar-refractivity contribution in [1.82, 2.24) is 15.3 Å². The molecule has 1 heterocycles. The maximum absolute atomic E-state index is 11.9. The van der Waals surface area contributed by atoms with Crippen molar-refractivity contribution in [2.75, 3.05) is 6.54 Å². The molecule has 0 aliphatic carbocycles. The molecule has 0 aliphatic heterocycles. The van der Waals surface area contributed by atoms with E-state index >= 15 is 0 Å². The number of nitrogens with zero attached hydrogens (tertiary/aromatic N) is 1. The number of rotatable bonds is 7. The third kappa shape index (κ3) is 4.89. The summed E-state index contributed by atoms with van der Waals surface area (Å²) in [5, 5.41) is 11.5. The first-order valence-corrected chi connectivity index (χ1v) is 7.53. The summed E-state index contributed by atoms with van der Waals surface area (Å²) in [6, 6.07) is 0.